The third kappa shape index (κ3) is 5.03. The van der Waals surface area contributed by atoms with E-state index in [-0.39, 0.29) is 18.4 Å². The molecular formula is C16H24N2O2. The van der Waals surface area contributed by atoms with Gasteiger partial charge in [0.2, 0.25) is 11.8 Å². The summed E-state index contributed by atoms with van der Waals surface area (Å²) in [4.78, 5) is 27.0. The SMILES string of the molecule is CC(=O)N(CCC(C)C)CC(=O)N(C)c1ccccc1. The fourth-order valence-electron chi connectivity index (χ4n) is 1.83. The molecule has 0 N–H and O–H groups in total. The number of hydrogen-bond acceptors (Lipinski definition) is 2. The predicted octanol–water partition coefficient (Wildman–Crippen LogP) is 2.54. The van der Waals surface area contributed by atoms with Crippen molar-refractivity contribution in [3.05, 3.63) is 30.3 Å². The van der Waals surface area contributed by atoms with E-state index in [0.717, 1.165) is 12.1 Å². The molecule has 0 atom stereocenters. The summed E-state index contributed by atoms with van der Waals surface area (Å²) < 4.78 is 0. The van der Waals surface area contributed by atoms with Crippen molar-refractivity contribution in [1.29, 1.82) is 0 Å². The Balaban J connectivity index is 2.64. The van der Waals surface area contributed by atoms with Crippen LogP contribution in [0.5, 0.6) is 0 Å². The monoisotopic (exact) mass is 276 g/mol. The van der Waals surface area contributed by atoms with Crippen LogP contribution in [0.25, 0.3) is 0 Å². The van der Waals surface area contributed by atoms with E-state index in [2.05, 4.69) is 13.8 Å². The first kappa shape index (κ1) is 16.2. The van der Waals surface area contributed by atoms with E-state index >= 15 is 0 Å². The lowest BCUT2D eigenvalue weighted by molar-refractivity contribution is -0.133. The zero-order valence-corrected chi connectivity index (χ0v) is 12.8. The second-order valence-corrected chi connectivity index (χ2v) is 5.41. The molecule has 0 spiro atoms. The first-order chi connectivity index (χ1) is 9.41. The maximum atomic E-state index is 12.2. The Hall–Kier alpha value is -1.84. The van der Waals surface area contributed by atoms with Crippen molar-refractivity contribution in [2.45, 2.75) is 27.2 Å². The summed E-state index contributed by atoms with van der Waals surface area (Å²) in [6, 6.07) is 9.45. The van der Waals surface area contributed by atoms with Crippen molar-refractivity contribution in [1.82, 2.24) is 4.90 Å². The first-order valence-corrected chi connectivity index (χ1v) is 6.99. The molecule has 0 heterocycles. The van der Waals surface area contributed by atoms with Crippen LogP contribution in [0.2, 0.25) is 0 Å². The maximum Gasteiger partial charge on any atom is 0.246 e. The molecule has 2 amide bonds. The molecular weight excluding hydrogens is 252 g/mol. The highest BCUT2D eigenvalue weighted by Crippen LogP contribution is 2.12. The summed E-state index contributed by atoms with van der Waals surface area (Å²) in [5.41, 5.74) is 0.838. The normalized spacial score (nSPS) is 10.4. The quantitative estimate of drug-likeness (QED) is 0.801. The van der Waals surface area contributed by atoms with Crippen LogP contribution in [0.4, 0.5) is 5.69 Å². The van der Waals surface area contributed by atoms with Gasteiger partial charge in [0.25, 0.3) is 0 Å². The predicted molar refractivity (Wildman–Crippen MR) is 81.6 cm³/mol. The molecule has 0 aromatic heterocycles. The number of amides is 2. The molecule has 0 saturated heterocycles. The van der Waals surface area contributed by atoms with Crippen LogP contribution in [0.15, 0.2) is 30.3 Å². The van der Waals surface area contributed by atoms with Crippen LogP contribution in [-0.2, 0) is 9.59 Å². The molecule has 1 aromatic carbocycles. The lowest BCUT2D eigenvalue weighted by Gasteiger charge is -2.25. The number of benzene rings is 1. The van der Waals surface area contributed by atoms with Crippen molar-refractivity contribution in [2.75, 3.05) is 25.0 Å². The summed E-state index contributed by atoms with van der Waals surface area (Å²) in [5, 5.41) is 0. The summed E-state index contributed by atoms with van der Waals surface area (Å²) in [7, 11) is 1.73. The number of likely N-dealkylation sites (N-methyl/N-ethyl adjacent to an activating group) is 1. The van der Waals surface area contributed by atoms with Gasteiger partial charge in [-0.2, -0.15) is 0 Å². The molecule has 0 aliphatic rings. The average Bonchev–Trinajstić information content (AvgIpc) is 2.42. The molecule has 0 aliphatic heterocycles. The molecule has 4 heteroatoms. The Bertz CT molecular complexity index is 443. The number of carbonyl (C=O) groups is 2. The highest BCUT2D eigenvalue weighted by molar-refractivity contribution is 5.95. The van der Waals surface area contributed by atoms with Gasteiger partial charge in [-0.3, -0.25) is 9.59 Å². The van der Waals surface area contributed by atoms with Crippen molar-refractivity contribution in [3.63, 3.8) is 0 Å². The third-order valence-corrected chi connectivity index (χ3v) is 3.27. The van der Waals surface area contributed by atoms with Crippen LogP contribution in [0.3, 0.4) is 0 Å². The summed E-state index contributed by atoms with van der Waals surface area (Å²) in [6.07, 6.45) is 0.905. The number of nitrogens with zero attached hydrogens (tertiary/aromatic N) is 2. The molecule has 0 bridgehead atoms. The Morgan fingerprint density at radius 1 is 1.15 bits per heavy atom. The summed E-state index contributed by atoms with van der Waals surface area (Å²) in [5.74, 6) is 0.384. The lowest BCUT2D eigenvalue weighted by Crippen LogP contribution is -2.41. The van der Waals surface area contributed by atoms with Crippen LogP contribution < -0.4 is 4.90 Å². The number of anilines is 1. The Morgan fingerprint density at radius 2 is 1.75 bits per heavy atom. The molecule has 0 unspecified atom stereocenters. The van der Waals surface area contributed by atoms with Gasteiger partial charge in [0.05, 0.1) is 0 Å². The van der Waals surface area contributed by atoms with Gasteiger partial charge in [-0.05, 0) is 24.5 Å². The van der Waals surface area contributed by atoms with E-state index in [1.165, 1.54) is 6.92 Å². The number of carbonyl (C=O) groups excluding carboxylic acids is 2. The number of para-hydroxylation sites is 1. The van der Waals surface area contributed by atoms with Crippen molar-refractivity contribution in [3.8, 4) is 0 Å². The number of rotatable bonds is 6. The first-order valence-electron chi connectivity index (χ1n) is 6.99. The molecule has 20 heavy (non-hydrogen) atoms. The lowest BCUT2D eigenvalue weighted by atomic mass is 10.1. The van der Waals surface area contributed by atoms with Crippen molar-refractivity contribution < 1.29 is 9.59 Å². The van der Waals surface area contributed by atoms with E-state index < -0.39 is 0 Å². The van der Waals surface area contributed by atoms with Crippen LogP contribution in [-0.4, -0.2) is 36.9 Å². The minimum Gasteiger partial charge on any atom is -0.334 e. The average molecular weight is 276 g/mol. The Kier molecular flexibility index (Phi) is 6.22. The molecule has 1 rings (SSSR count). The smallest absolute Gasteiger partial charge is 0.246 e. The molecule has 110 valence electrons. The van der Waals surface area contributed by atoms with Crippen LogP contribution in [0.1, 0.15) is 27.2 Å². The van der Waals surface area contributed by atoms with Gasteiger partial charge in [0.1, 0.15) is 6.54 Å². The zero-order chi connectivity index (χ0) is 15.1. The van der Waals surface area contributed by atoms with Gasteiger partial charge in [-0.1, -0.05) is 32.0 Å². The largest absolute Gasteiger partial charge is 0.334 e. The van der Waals surface area contributed by atoms with E-state index in [9.17, 15) is 9.59 Å². The molecule has 1 aromatic rings. The minimum absolute atomic E-state index is 0.0551. The van der Waals surface area contributed by atoms with Crippen LogP contribution in [0, 0.1) is 5.92 Å². The minimum atomic E-state index is -0.0739. The van der Waals surface area contributed by atoms with Crippen LogP contribution >= 0.6 is 0 Å². The van der Waals surface area contributed by atoms with Gasteiger partial charge in [0, 0.05) is 26.2 Å². The topological polar surface area (TPSA) is 40.6 Å². The third-order valence-electron chi connectivity index (χ3n) is 3.27. The fraction of sp³-hybridized carbons (Fsp3) is 0.500. The van der Waals surface area contributed by atoms with E-state index in [1.807, 2.05) is 30.3 Å². The summed E-state index contributed by atoms with van der Waals surface area (Å²) >= 11 is 0. The molecule has 0 fully saturated rings. The zero-order valence-electron chi connectivity index (χ0n) is 12.8. The number of hydrogen-bond donors (Lipinski definition) is 0. The standard InChI is InChI=1S/C16H24N2O2/c1-13(2)10-11-18(14(3)19)12-16(20)17(4)15-8-6-5-7-9-15/h5-9,13H,10-12H2,1-4H3. The molecule has 4 nitrogen and oxygen atoms in total. The van der Waals surface area contributed by atoms with Crippen molar-refractivity contribution >= 4 is 17.5 Å². The Labute approximate surface area is 121 Å². The highest BCUT2D eigenvalue weighted by atomic mass is 16.2. The Morgan fingerprint density at radius 3 is 2.25 bits per heavy atom. The molecule has 0 radical (unpaired) electrons. The van der Waals surface area contributed by atoms with Gasteiger partial charge in [0.15, 0.2) is 0 Å². The molecule has 0 aliphatic carbocycles. The fourth-order valence-corrected chi connectivity index (χ4v) is 1.83. The van der Waals surface area contributed by atoms with E-state index in [4.69, 9.17) is 0 Å². The second kappa shape index (κ2) is 7.68. The highest BCUT2D eigenvalue weighted by Gasteiger charge is 2.17. The van der Waals surface area contributed by atoms with Gasteiger partial charge < -0.3 is 9.80 Å². The van der Waals surface area contributed by atoms with E-state index in [0.29, 0.717) is 12.5 Å². The second-order valence-electron chi connectivity index (χ2n) is 5.41. The van der Waals surface area contributed by atoms with Gasteiger partial charge in [-0.15, -0.1) is 0 Å². The summed E-state index contributed by atoms with van der Waals surface area (Å²) in [6.45, 7) is 6.48. The molecule has 0 saturated carbocycles. The van der Waals surface area contributed by atoms with Gasteiger partial charge >= 0.3 is 0 Å². The maximum absolute atomic E-state index is 12.2. The van der Waals surface area contributed by atoms with E-state index in [1.54, 1.807) is 16.8 Å². The van der Waals surface area contributed by atoms with Gasteiger partial charge in [-0.25, -0.2) is 0 Å². The van der Waals surface area contributed by atoms with Crippen molar-refractivity contribution in [2.24, 2.45) is 5.92 Å².